The monoisotopic (exact) mass is 297 g/mol. The molecular weight excluding hydrogens is 286 g/mol. The molecule has 0 aliphatic heterocycles. The van der Waals surface area contributed by atoms with E-state index in [9.17, 15) is 10.1 Å². The molecular formula is C12H12ClN3O2S. The number of halogens is 1. The third-order valence-corrected chi connectivity index (χ3v) is 3.99. The van der Waals surface area contributed by atoms with Crippen LogP contribution >= 0.6 is 22.9 Å². The van der Waals surface area contributed by atoms with Crippen LogP contribution in [0, 0.1) is 10.1 Å². The van der Waals surface area contributed by atoms with Crippen molar-refractivity contribution in [3.8, 4) is 0 Å². The SMILES string of the molecule is CCc1ncc(CNc2cc([N+](=O)[O-])ccc2Cl)s1. The summed E-state index contributed by atoms with van der Waals surface area (Å²) < 4.78 is 0. The number of anilines is 1. The first-order valence-electron chi connectivity index (χ1n) is 5.71. The number of nitrogens with one attached hydrogen (secondary N) is 1. The third-order valence-electron chi connectivity index (χ3n) is 2.52. The fourth-order valence-electron chi connectivity index (χ4n) is 1.54. The molecule has 100 valence electrons. The topological polar surface area (TPSA) is 68.1 Å². The second-order valence-corrected chi connectivity index (χ2v) is 5.46. The number of rotatable bonds is 5. The molecule has 0 amide bonds. The van der Waals surface area contributed by atoms with Crippen LogP contribution in [0.4, 0.5) is 11.4 Å². The number of benzene rings is 1. The van der Waals surface area contributed by atoms with Crippen molar-refractivity contribution in [2.24, 2.45) is 0 Å². The Morgan fingerprint density at radius 1 is 1.53 bits per heavy atom. The van der Waals surface area contributed by atoms with Gasteiger partial charge in [0.05, 0.1) is 27.2 Å². The van der Waals surface area contributed by atoms with Crippen LogP contribution in [0.25, 0.3) is 0 Å². The number of nitro groups is 1. The summed E-state index contributed by atoms with van der Waals surface area (Å²) in [6.45, 7) is 2.60. The fourth-order valence-corrected chi connectivity index (χ4v) is 2.52. The number of non-ortho nitro benzene ring substituents is 1. The zero-order chi connectivity index (χ0) is 13.8. The Morgan fingerprint density at radius 3 is 2.95 bits per heavy atom. The van der Waals surface area contributed by atoms with E-state index in [1.54, 1.807) is 11.3 Å². The number of nitro benzene ring substituents is 1. The Labute approximate surface area is 119 Å². The zero-order valence-corrected chi connectivity index (χ0v) is 11.8. The molecule has 0 aliphatic rings. The van der Waals surface area contributed by atoms with Crippen LogP contribution in [0.2, 0.25) is 5.02 Å². The van der Waals surface area contributed by atoms with Gasteiger partial charge in [-0.05, 0) is 12.5 Å². The van der Waals surface area contributed by atoms with Crippen LogP contribution in [0.15, 0.2) is 24.4 Å². The Kier molecular flexibility index (Phi) is 4.34. The van der Waals surface area contributed by atoms with Crippen molar-refractivity contribution in [3.63, 3.8) is 0 Å². The lowest BCUT2D eigenvalue weighted by molar-refractivity contribution is -0.384. The maximum Gasteiger partial charge on any atom is 0.271 e. The van der Waals surface area contributed by atoms with Crippen LogP contribution < -0.4 is 5.32 Å². The molecule has 0 fully saturated rings. The highest BCUT2D eigenvalue weighted by atomic mass is 35.5. The van der Waals surface area contributed by atoms with E-state index in [-0.39, 0.29) is 5.69 Å². The Morgan fingerprint density at radius 2 is 2.32 bits per heavy atom. The van der Waals surface area contributed by atoms with E-state index in [1.807, 2.05) is 13.1 Å². The highest BCUT2D eigenvalue weighted by molar-refractivity contribution is 7.11. The second-order valence-electron chi connectivity index (χ2n) is 3.85. The van der Waals surface area contributed by atoms with Crippen molar-refractivity contribution in [3.05, 3.63) is 49.4 Å². The summed E-state index contributed by atoms with van der Waals surface area (Å²) in [5, 5.41) is 15.3. The smallest absolute Gasteiger partial charge is 0.271 e. The molecule has 1 aromatic heterocycles. The van der Waals surface area contributed by atoms with Gasteiger partial charge in [-0.3, -0.25) is 10.1 Å². The Balaban J connectivity index is 2.10. The van der Waals surface area contributed by atoms with Crippen molar-refractivity contribution in [2.45, 2.75) is 19.9 Å². The molecule has 0 spiro atoms. The highest BCUT2D eigenvalue weighted by Gasteiger charge is 2.10. The lowest BCUT2D eigenvalue weighted by Crippen LogP contribution is -1.99. The minimum absolute atomic E-state index is 0.0189. The maximum atomic E-state index is 10.7. The number of hydrogen-bond donors (Lipinski definition) is 1. The first-order chi connectivity index (χ1) is 9.10. The summed E-state index contributed by atoms with van der Waals surface area (Å²) in [7, 11) is 0. The molecule has 1 aromatic carbocycles. The van der Waals surface area contributed by atoms with Crippen LogP contribution in [0.5, 0.6) is 0 Å². The van der Waals surface area contributed by atoms with Gasteiger partial charge in [0.2, 0.25) is 0 Å². The lowest BCUT2D eigenvalue weighted by Gasteiger charge is -2.06. The number of aromatic nitrogens is 1. The first kappa shape index (κ1) is 13.8. The maximum absolute atomic E-state index is 10.7. The van der Waals surface area contributed by atoms with E-state index < -0.39 is 4.92 Å². The molecule has 0 atom stereocenters. The van der Waals surface area contributed by atoms with E-state index >= 15 is 0 Å². The molecule has 1 heterocycles. The molecule has 0 bridgehead atoms. The van der Waals surface area contributed by atoms with E-state index in [0.717, 1.165) is 16.3 Å². The number of nitrogens with zero attached hydrogens (tertiary/aromatic N) is 2. The summed E-state index contributed by atoms with van der Waals surface area (Å²) in [5.74, 6) is 0. The van der Waals surface area contributed by atoms with Gasteiger partial charge in [-0.25, -0.2) is 4.98 Å². The first-order valence-corrected chi connectivity index (χ1v) is 6.91. The molecule has 2 aromatic rings. The van der Waals surface area contributed by atoms with Gasteiger partial charge >= 0.3 is 0 Å². The number of hydrogen-bond acceptors (Lipinski definition) is 5. The van der Waals surface area contributed by atoms with Crippen LogP contribution in [0.1, 0.15) is 16.8 Å². The van der Waals surface area contributed by atoms with Gasteiger partial charge in [0.25, 0.3) is 5.69 Å². The van der Waals surface area contributed by atoms with Gasteiger partial charge < -0.3 is 5.32 Å². The van der Waals surface area contributed by atoms with E-state index in [4.69, 9.17) is 11.6 Å². The average molecular weight is 298 g/mol. The molecule has 0 radical (unpaired) electrons. The third kappa shape index (κ3) is 3.42. The summed E-state index contributed by atoms with van der Waals surface area (Å²) in [4.78, 5) is 15.6. The Bertz CT molecular complexity index is 600. The van der Waals surface area contributed by atoms with Gasteiger partial charge in [-0.15, -0.1) is 11.3 Å². The molecule has 0 saturated heterocycles. The molecule has 19 heavy (non-hydrogen) atoms. The zero-order valence-electron chi connectivity index (χ0n) is 10.2. The van der Waals surface area contributed by atoms with Crippen LogP contribution in [-0.2, 0) is 13.0 Å². The van der Waals surface area contributed by atoms with Gasteiger partial charge in [-0.2, -0.15) is 0 Å². The molecule has 0 aliphatic carbocycles. The predicted octanol–water partition coefficient (Wildman–Crippen LogP) is 3.88. The fraction of sp³-hybridized carbons (Fsp3) is 0.250. The standard InChI is InChI=1S/C12H12ClN3O2S/c1-2-12-15-7-9(19-12)6-14-11-5-8(16(17)18)3-4-10(11)13/h3-5,7,14H,2,6H2,1H3. The quantitative estimate of drug-likeness (QED) is 0.672. The molecule has 5 nitrogen and oxygen atoms in total. The molecule has 0 saturated carbocycles. The van der Waals surface area contributed by atoms with Crippen molar-refractivity contribution < 1.29 is 4.92 Å². The highest BCUT2D eigenvalue weighted by Crippen LogP contribution is 2.27. The summed E-state index contributed by atoms with van der Waals surface area (Å²) in [6.07, 6.45) is 2.71. The molecule has 7 heteroatoms. The van der Waals surface area contributed by atoms with E-state index in [1.165, 1.54) is 18.2 Å². The normalized spacial score (nSPS) is 10.4. The minimum atomic E-state index is -0.441. The molecule has 2 rings (SSSR count). The predicted molar refractivity (Wildman–Crippen MR) is 76.9 cm³/mol. The van der Waals surface area contributed by atoms with Crippen LogP contribution in [-0.4, -0.2) is 9.91 Å². The number of thiazole rings is 1. The van der Waals surface area contributed by atoms with Gasteiger partial charge in [0, 0.05) is 23.2 Å². The van der Waals surface area contributed by atoms with Crippen molar-refractivity contribution >= 4 is 34.3 Å². The van der Waals surface area contributed by atoms with Gasteiger partial charge in [0.1, 0.15) is 0 Å². The molecule has 0 unspecified atom stereocenters. The Hall–Kier alpha value is -1.66. The van der Waals surface area contributed by atoms with Gasteiger partial charge in [0.15, 0.2) is 0 Å². The van der Waals surface area contributed by atoms with E-state index in [2.05, 4.69) is 10.3 Å². The largest absolute Gasteiger partial charge is 0.379 e. The van der Waals surface area contributed by atoms with E-state index in [0.29, 0.717) is 17.3 Å². The average Bonchev–Trinajstić information content (AvgIpc) is 2.85. The number of aryl methyl sites for hydroxylation is 1. The van der Waals surface area contributed by atoms with Crippen molar-refractivity contribution in [1.29, 1.82) is 0 Å². The summed E-state index contributed by atoms with van der Waals surface area (Å²) >= 11 is 7.62. The van der Waals surface area contributed by atoms with Crippen molar-refractivity contribution in [1.82, 2.24) is 4.98 Å². The van der Waals surface area contributed by atoms with Crippen molar-refractivity contribution in [2.75, 3.05) is 5.32 Å². The van der Waals surface area contributed by atoms with Gasteiger partial charge in [-0.1, -0.05) is 18.5 Å². The van der Waals surface area contributed by atoms with Crippen LogP contribution in [0.3, 0.4) is 0 Å². The minimum Gasteiger partial charge on any atom is -0.379 e. The summed E-state index contributed by atoms with van der Waals surface area (Å²) in [6, 6.07) is 4.34. The summed E-state index contributed by atoms with van der Waals surface area (Å²) in [5.41, 5.74) is 0.577. The molecule has 1 N–H and O–H groups in total. The lowest BCUT2D eigenvalue weighted by atomic mass is 10.3. The second kappa shape index (κ2) is 5.99.